The van der Waals surface area contributed by atoms with Gasteiger partial charge in [-0.2, -0.15) is 0 Å². The van der Waals surface area contributed by atoms with Gasteiger partial charge in [-0.25, -0.2) is 4.98 Å². The van der Waals surface area contributed by atoms with E-state index in [1.165, 1.54) is 0 Å². The summed E-state index contributed by atoms with van der Waals surface area (Å²) in [4.78, 5) is 16.1. The van der Waals surface area contributed by atoms with Gasteiger partial charge in [0.15, 0.2) is 0 Å². The fraction of sp³-hybridized carbons (Fsp3) is 0.0769. The summed E-state index contributed by atoms with van der Waals surface area (Å²) < 4.78 is 5.67. The highest BCUT2D eigenvalue weighted by molar-refractivity contribution is 9.10. The minimum absolute atomic E-state index is 0.303. The number of pyridine rings is 1. The quantitative estimate of drug-likeness (QED) is 0.852. The first-order chi connectivity index (χ1) is 9.11. The molecule has 2 rings (SSSR count). The number of benzene rings is 1. The first kappa shape index (κ1) is 13.4. The first-order valence-corrected chi connectivity index (χ1v) is 6.26. The van der Waals surface area contributed by atoms with Gasteiger partial charge < -0.3 is 15.8 Å². The second-order valence-corrected chi connectivity index (χ2v) is 4.60. The van der Waals surface area contributed by atoms with E-state index < -0.39 is 0 Å². The summed E-state index contributed by atoms with van der Waals surface area (Å²) in [5.74, 6) is 0.304. The van der Waals surface area contributed by atoms with Crippen LogP contribution in [0, 0.1) is 0 Å². The van der Waals surface area contributed by atoms with Crippen molar-refractivity contribution >= 4 is 33.2 Å². The normalized spacial score (nSPS) is 10.0. The van der Waals surface area contributed by atoms with Crippen molar-refractivity contribution in [2.24, 2.45) is 0 Å². The number of ether oxygens (including phenoxy) is 1. The Morgan fingerprint density at radius 2 is 2.21 bits per heavy atom. The minimum atomic E-state index is -0.329. The van der Waals surface area contributed by atoms with Gasteiger partial charge in [-0.3, -0.25) is 4.79 Å². The van der Waals surface area contributed by atoms with Crippen LogP contribution in [0.5, 0.6) is 5.75 Å². The summed E-state index contributed by atoms with van der Waals surface area (Å²) in [7, 11) is 1.55. The number of nitrogens with two attached hydrogens (primary N) is 1. The molecule has 0 atom stereocenters. The maximum atomic E-state index is 12.1. The van der Waals surface area contributed by atoms with E-state index in [9.17, 15) is 4.79 Å². The van der Waals surface area contributed by atoms with Crippen molar-refractivity contribution in [1.82, 2.24) is 4.98 Å². The number of methoxy groups -OCH3 is 1. The molecule has 0 spiro atoms. The van der Waals surface area contributed by atoms with Crippen LogP contribution >= 0.6 is 15.9 Å². The standard InChI is InChI=1S/C13H12BrN3O2/c1-19-8-4-5-11(10(15)7-8)17-13(18)12-9(14)3-2-6-16-12/h2-7H,15H2,1H3,(H,17,18). The van der Waals surface area contributed by atoms with Crippen LogP contribution in [-0.2, 0) is 0 Å². The van der Waals surface area contributed by atoms with E-state index in [2.05, 4.69) is 26.2 Å². The molecule has 98 valence electrons. The number of halogens is 1. The minimum Gasteiger partial charge on any atom is -0.497 e. The zero-order valence-electron chi connectivity index (χ0n) is 10.2. The SMILES string of the molecule is COc1ccc(NC(=O)c2ncccc2Br)c(N)c1. The van der Waals surface area contributed by atoms with E-state index in [-0.39, 0.29) is 5.91 Å². The van der Waals surface area contributed by atoms with E-state index in [0.29, 0.717) is 27.3 Å². The molecule has 0 fully saturated rings. The summed E-state index contributed by atoms with van der Waals surface area (Å²) in [6.07, 6.45) is 1.55. The Morgan fingerprint density at radius 3 is 2.84 bits per heavy atom. The highest BCUT2D eigenvalue weighted by Crippen LogP contribution is 2.25. The van der Waals surface area contributed by atoms with Gasteiger partial charge in [0.05, 0.1) is 18.5 Å². The lowest BCUT2D eigenvalue weighted by atomic mass is 10.2. The average molecular weight is 322 g/mol. The zero-order valence-corrected chi connectivity index (χ0v) is 11.8. The molecule has 0 saturated heterocycles. The lowest BCUT2D eigenvalue weighted by molar-refractivity contribution is 0.102. The molecule has 1 heterocycles. The second kappa shape index (κ2) is 5.71. The van der Waals surface area contributed by atoms with Crippen LogP contribution in [-0.4, -0.2) is 18.0 Å². The lowest BCUT2D eigenvalue weighted by Crippen LogP contribution is -2.15. The molecule has 3 N–H and O–H groups in total. The molecular formula is C13H12BrN3O2. The summed E-state index contributed by atoms with van der Waals surface area (Å²) in [6, 6.07) is 8.54. The summed E-state index contributed by atoms with van der Waals surface area (Å²) in [6.45, 7) is 0. The number of aromatic nitrogens is 1. The monoisotopic (exact) mass is 321 g/mol. The average Bonchev–Trinajstić information content (AvgIpc) is 2.41. The third kappa shape index (κ3) is 3.03. The Morgan fingerprint density at radius 1 is 1.42 bits per heavy atom. The van der Waals surface area contributed by atoms with Crippen molar-refractivity contribution < 1.29 is 9.53 Å². The lowest BCUT2D eigenvalue weighted by Gasteiger charge is -2.09. The number of rotatable bonds is 3. The number of carbonyl (C=O) groups excluding carboxylic acids is 1. The maximum absolute atomic E-state index is 12.1. The molecule has 0 aliphatic carbocycles. The molecule has 19 heavy (non-hydrogen) atoms. The molecular weight excluding hydrogens is 310 g/mol. The molecule has 0 radical (unpaired) electrons. The summed E-state index contributed by atoms with van der Waals surface area (Å²) >= 11 is 3.28. The van der Waals surface area contributed by atoms with Gasteiger partial charge in [0.2, 0.25) is 0 Å². The number of hydrogen-bond donors (Lipinski definition) is 2. The molecule has 0 aliphatic rings. The Kier molecular flexibility index (Phi) is 4.01. The van der Waals surface area contributed by atoms with Crippen molar-refractivity contribution in [1.29, 1.82) is 0 Å². The van der Waals surface area contributed by atoms with Gasteiger partial charge in [0, 0.05) is 16.7 Å². The van der Waals surface area contributed by atoms with Crippen molar-refractivity contribution in [3.05, 3.63) is 46.7 Å². The molecule has 0 aliphatic heterocycles. The molecule has 1 amide bonds. The highest BCUT2D eigenvalue weighted by Gasteiger charge is 2.12. The van der Waals surface area contributed by atoms with Gasteiger partial charge in [-0.15, -0.1) is 0 Å². The number of nitrogen functional groups attached to an aromatic ring is 1. The van der Waals surface area contributed by atoms with Crippen molar-refractivity contribution in [3.8, 4) is 5.75 Å². The van der Waals surface area contributed by atoms with Gasteiger partial charge in [0.1, 0.15) is 11.4 Å². The van der Waals surface area contributed by atoms with E-state index in [4.69, 9.17) is 10.5 Å². The first-order valence-electron chi connectivity index (χ1n) is 5.47. The maximum Gasteiger partial charge on any atom is 0.275 e. The van der Waals surface area contributed by atoms with Gasteiger partial charge in [0.25, 0.3) is 5.91 Å². The second-order valence-electron chi connectivity index (χ2n) is 3.74. The predicted molar refractivity (Wildman–Crippen MR) is 77.3 cm³/mol. The van der Waals surface area contributed by atoms with Crippen molar-refractivity contribution in [2.75, 3.05) is 18.2 Å². The van der Waals surface area contributed by atoms with E-state index in [1.54, 1.807) is 43.6 Å². The number of nitrogens with one attached hydrogen (secondary N) is 1. The van der Waals surface area contributed by atoms with E-state index in [0.717, 1.165) is 0 Å². The molecule has 0 unspecified atom stereocenters. The van der Waals surface area contributed by atoms with Gasteiger partial charge >= 0.3 is 0 Å². The number of nitrogens with zero attached hydrogens (tertiary/aromatic N) is 1. The van der Waals surface area contributed by atoms with Crippen LogP contribution < -0.4 is 15.8 Å². The highest BCUT2D eigenvalue weighted by atomic mass is 79.9. The molecule has 1 aromatic carbocycles. The predicted octanol–water partition coefficient (Wildman–Crippen LogP) is 2.69. The molecule has 5 nitrogen and oxygen atoms in total. The number of amides is 1. The van der Waals surface area contributed by atoms with E-state index >= 15 is 0 Å². The summed E-state index contributed by atoms with van der Waals surface area (Å²) in [5.41, 5.74) is 7.09. The molecule has 0 saturated carbocycles. The van der Waals surface area contributed by atoms with Crippen LogP contribution in [0.25, 0.3) is 0 Å². The largest absolute Gasteiger partial charge is 0.497 e. The number of carbonyl (C=O) groups is 1. The van der Waals surface area contributed by atoms with Crippen molar-refractivity contribution in [2.45, 2.75) is 0 Å². The Bertz CT molecular complexity index is 617. The third-order valence-electron chi connectivity index (χ3n) is 2.48. The van der Waals surface area contributed by atoms with Crippen LogP contribution in [0.15, 0.2) is 41.0 Å². The van der Waals surface area contributed by atoms with E-state index in [1.807, 2.05) is 0 Å². The van der Waals surface area contributed by atoms with Crippen LogP contribution in [0.4, 0.5) is 11.4 Å². The summed E-state index contributed by atoms with van der Waals surface area (Å²) in [5, 5.41) is 2.71. The fourth-order valence-electron chi connectivity index (χ4n) is 1.52. The number of anilines is 2. The van der Waals surface area contributed by atoms with Gasteiger partial charge in [-0.05, 0) is 40.2 Å². The fourth-order valence-corrected chi connectivity index (χ4v) is 1.95. The molecule has 2 aromatic rings. The van der Waals surface area contributed by atoms with Crippen LogP contribution in [0.2, 0.25) is 0 Å². The Hall–Kier alpha value is -2.08. The number of hydrogen-bond acceptors (Lipinski definition) is 4. The topological polar surface area (TPSA) is 77.2 Å². The molecule has 6 heteroatoms. The molecule has 0 bridgehead atoms. The van der Waals surface area contributed by atoms with Crippen LogP contribution in [0.3, 0.4) is 0 Å². The molecule has 1 aromatic heterocycles. The Balaban J connectivity index is 2.22. The Labute approximate surface area is 118 Å². The smallest absolute Gasteiger partial charge is 0.275 e. The third-order valence-corrected chi connectivity index (χ3v) is 3.12. The van der Waals surface area contributed by atoms with Crippen molar-refractivity contribution in [3.63, 3.8) is 0 Å². The van der Waals surface area contributed by atoms with Crippen LogP contribution in [0.1, 0.15) is 10.5 Å². The van der Waals surface area contributed by atoms with Gasteiger partial charge in [-0.1, -0.05) is 0 Å². The zero-order chi connectivity index (χ0) is 13.8.